The molecular weight excluding hydrogens is 242 g/mol. The molecule has 1 aliphatic rings. The van der Waals surface area contributed by atoms with Crippen molar-refractivity contribution < 1.29 is 0 Å². The normalized spacial score (nSPS) is 17.6. The lowest BCUT2D eigenvalue weighted by molar-refractivity contribution is 0.685. The van der Waals surface area contributed by atoms with Gasteiger partial charge in [-0.25, -0.2) is 0 Å². The summed E-state index contributed by atoms with van der Waals surface area (Å²) in [6, 6.07) is 4.13. The van der Waals surface area contributed by atoms with E-state index in [9.17, 15) is 0 Å². The van der Waals surface area contributed by atoms with Crippen molar-refractivity contribution in [1.29, 1.82) is 0 Å². The van der Waals surface area contributed by atoms with Crippen LogP contribution in [0.2, 0.25) is 0 Å². The van der Waals surface area contributed by atoms with Crippen LogP contribution in [-0.2, 0) is 0 Å². The lowest BCUT2D eigenvalue weighted by Crippen LogP contribution is -2.07. The summed E-state index contributed by atoms with van der Waals surface area (Å²) in [7, 11) is 0. The molecule has 1 nitrogen and oxygen atoms in total. The van der Waals surface area contributed by atoms with Gasteiger partial charge < -0.3 is 0 Å². The highest BCUT2D eigenvalue weighted by Crippen LogP contribution is 2.32. The Kier molecular flexibility index (Phi) is 7.64. The first kappa shape index (κ1) is 16.4. The summed E-state index contributed by atoms with van der Waals surface area (Å²) < 4.78 is 0. The zero-order valence-electron chi connectivity index (χ0n) is 13.3. The molecule has 1 atom stereocenters. The van der Waals surface area contributed by atoms with E-state index in [1.165, 1.54) is 17.6 Å². The van der Waals surface area contributed by atoms with E-state index in [1.807, 2.05) is 12.3 Å². The van der Waals surface area contributed by atoms with Gasteiger partial charge in [0.15, 0.2) is 0 Å². The van der Waals surface area contributed by atoms with Crippen LogP contribution in [0.25, 0.3) is 5.57 Å². The number of hydrogen-bond donors (Lipinski definition) is 0. The van der Waals surface area contributed by atoms with E-state index in [-0.39, 0.29) is 0 Å². The molecule has 2 rings (SSSR count). The van der Waals surface area contributed by atoms with Gasteiger partial charge in [0.25, 0.3) is 0 Å². The minimum Gasteiger partial charge on any atom is -0.256 e. The fraction of sp³-hybridized carbons (Fsp3) is 0.421. The van der Waals surface area contributed by atoms with E-state index < -0.39 is 0 Å². The molecule has 0 bridgehead atoms. The quantitative estimate of drug-likeness (QED) is 0.638. The Bertz CT molecular complexity index is 480. The van der Waals surface area contributed by atoms with E-state index in [0.29, 0.717) is 5.92 Å². The van der Waals surface area contributed by atoms with Gasteiger partial charge in [0.2, 0.25) is 0 Å². The standard InChI is InChI=1S/C16H19N.C3H8/c1-3-4-9-14-10-5-6-11-15(14)16-13(2)8-7-12-17-16;1-3-2/h3-8,11-12,14H,9-10H2,1-2H3;3H2,1-2H3. The molecule has 1 heterocycles. The van der Waals surface area contributed by atoms with Gasteiger partial charge >= 0.3 is 0 Å². The maximum atomic E-state index is 4.53. The molecule has 1 aromatic rings. The Balaban J connectivity index is 0.000000612. The van der Waals surface area contributed by atoms with Crippen molar-refractivity contribution in [3.05, 3.63) is 60.0 Å². The van der Waals surface area contributed by atoms with Crippen LogP contribution in [0.4, 0.5) is 0 Å². The summed E-state index contributed by atoms with van der Waals surface area (Å²) in [6.07, 6.45) is 16.3. The maximum absolute atomic E-state index is 4.53. The molecule has 0 N–H and O–H groups in total. The summed E-state index contributed by atoms with van der Waals surface area (Å²) >= 11 is 0. The fourth-order valence-electron chi connectivity index (χ4n) is 2.26. The first-order chi connectivity index (χ1) is 9.74. The molecular formula is C19H27N. The molecule has 0 saturated heterocycles. The molecule has 0 spiro atoms. The maximum Gasteiger partial charge on any atom is 0.0693 e. The smallest absolute Gasteiger partial charge is 0.0693 e. The number of nitrogens with zero attached hydrogens (tertiary/aromatic N) is 1. The van der Waals surface area contributed by atoms with Gasteiger partial charge in [0.1, 0.15) is 0 Å². The van der Waals surface area contributed by atoms with Crippen LogP contribution in [0, 0.1) is 12.8 Å². The van der Waals surface area contributed by atoms with Crippen LogP contribution in [0.15, 0.2) is 48.7 Å². The number of aromatic nitrogens is 1. The minimum atomic E-state index is 0.574. The van der Waals surface area contributed by atoms with E-state index >= 15 is 0 Å². The molecule has 108 valence electrons. The fourth-order valence-corrected chi connectivity index (χ4v) is 2.26. The molecule has 0 radical (unpaired) electrons. The highest BCUT2D eigenvalue weighted by atomic mass is 14.7. The van der Waals surface area contributed by atoms with E-state index in [0.717, 1.165) is 18.5 Å². The molecule has 20 heavy (non-hydrogen) atoms. The van der Waals surface area contributed by atoms with Crippen molar-refractivity contribution in [2.45, 2.75) is 47.0 Å². The van der Waals surface area contributed by atoms with Crippen molar-refractivity contribution in [3.63, 3.8) is 0 Å². The molecule has 0 amide bonds. The Morgan fingerprint density at radius 2 is 2.10 bits per heavy atom. The Hall–Kier alpha value is -1.63. The predicted molar refractivity (Wildman–Crippen MR) is 89.6 cm³/mol. The highest BCUT2D eigenvalue weighted by molar-refractivity contribution is 5.69. The van der Waals surface area contributed by atoms with Crippen LogP contribution in [0.5, 0.6) is 0 Å². The Morgan fingerprint density at radius 3 is 2.75 bits per heavy atom. The third kappa shape index (κ3) is 4.80. The van der Waals surface area contributed by atoms with Gasteiger partial charge in [-0.3, -0.25) is 4.98 Å². The average Bonchev–Trinajstić information content (AvgIpc) is 2.47. The lowest BCUT2D eigenvalue weighted by atomic mass is 9.85. The van der Waals surface area contributed by atoms with Crippen molar-refractivity contribution in [3.8, 4) is 0 Å². The van der Waals surface area contributed by atoms with Gasteiger partial charge in [-0.15, -0.1) is 0 Å². The largest absolute Gasteiger partial charge is 0.256 e. The summed E-state index contributed by atoms with van der Waals surface area (Å²) in [6.45, 7) is 8.46. The number of pyridine rings is 1. The first-order valence-corrected chi connectivity index (χ1v) is 7.64. The second kappa shape index (κ2) is 9.30. The summed E-state index contributed by atoms with van der Waals surface area (Å²) in [5.74, 6) is 0.574. The topological polar surface area (TPSA) is 12.9 Å². The zero-order valence-corrected chi connectivity index (χ0v) is 13.3. The number of aryl methyl sites for hydroxylation is 1. The SMILES string of the molecule is CC=CCC1CC=CC=C1c1ncccc1C.CCC. The monoisotopic (exact) mass is 269 g/mol. The highest BCUT2D eigenvalue weighted by Gasteiger charge is 2.17. The van der Waals surface area contributed by atoms with E-state index in [4.69, 9.17) is 0 Å². The molecule has 1 aromatic heterocycles. The van der Waals surface area contributed by atoms with Crippen LogP contribution < -0.4 is 0 Å². The van der Waals surface area contributed by atoms with Gasteiger partial charge in [0.05, 0.1) is 5.69 Å². The molecule has 0 fully saturated rings. The summed E-state index contributed by atoms with van der Waals surface area (Å²) in [5.41, 5.74) is 3.80. The second-order valence-corrected chi connectivity index (χ2v) is 5.16. The third-order valence-electron chi connectivity index (χ3n) is 3.21. The average molecular weight is 269 g/mol. The molecule has 1 heteroatoms. The molecule has 0 aliphatic heterocycles. The predicted octanol–water partition coefficient (Wildman–Crippen LogP) is 5.73. The number of allylic oxidation sites excluding steroid dienone is 6. The molecule has 0 aromatic carbocycles. The van der Waals surface area contributed by atoms with Gasteiger partial charge in [-0.2, -0.15) is 0 Å². The van der Waals surface area contributed by atoms with Crippen molar-refractivity contribution >= 4 is 5.57 Å². The summed E-state index contributed by atoms with van der Waals surface area (Å²) in [5, 5.41) is 0. The first-order valence-electron chi connectivity index (χ1n) is 7.64. The van der Waals surface area contributed by atoms with Gasteiger partial charge in [-0.05, 0) is 49.8 Å². The zero-order chi connectivity index (χ0) is 14.8. The second-order valence-electron chi connectivity index (χ2n) is 5.16. The van der Waals surface area contributed by atoms with E-state index in [1.54, 1.807) is 0 Å². The lowest BCUT2D eigenvalue weighted by Gasteiger charge is -2.21. The van der Waals surface area contributed by atoms with Crippen molar-refractivity contribution in [2.75, 3.05) is 0 Å². The van der Waals surface area contributed by atoms with Gasteiger partial charge in [-0.1, -0.05) is 56.7 Å². The third-order valence-corrected chi connectivity index (χ3v) is 3.21. The van der Waals surface area contributed by atoms with Gasteiger partial charge in [0, 0.05) is 6.20 Å². The molecule has 1 unspecified atom stereocenters. The summed E-state index contributed by atoms with van der Waals surface area (Å²) in [4.78, 5) is 4.53. The Labute approximate surface area is 124 Å². The molecule has 0 saturated carbocycles. The van der Waals surface area contributed by atoms with Crippen LogP contribution in [0.3, 0.4) is 0 Å². The molecule has 1 aliphatic carbocycles. The van der Waals surface area contributed by atoms with Crippen LogP contribution in [0.1, 0.15) is 51.3 Å². The minimum absolute atomic E-state index is 0.574. The number of rotatable bonds is 3. The van der Waals surface area contributed by atoms with Crippen molar-refractivity contribution in [1.82, 2.24) is 4.98 Å². The Morgan fingerprint density at radius 1 is 1.35 bits per heavy atom. The van der Waals surface area contributed by atoms with Crippen LogP contribution >= 0.6 is 0 Å². The number of hydrogen-bond acceptors (Lipinski definition) is 1. The van der Waals surface area contributed by atoms with Crippen LogP contribution in [-0.4, -0.2) is 4.98 Å². The van der Waals surface area contributed by atoms with E-state index in [2.05, 4.69) is 69.1 Å². The van der Waals surface area contributed by atoms with Crippen molar-refractivity contribution in [2.24, 2.45) is 5.92 Å².